The Morgan fingerprint density at radius 1 is 1.21 bits per heavy atom. The maximum atomic E-state index is 5.66. The van der Waals surface area contributed by atoms with E-state index in [0.717, 1.165) is 18.9 Å². The number of hydrogen-bond acceptors (Lipinski definition) is 3. The number of pyridine rings is 1. The first kappa shape index (κ1) is 9.52. The number of nitrogens with zero attached hydrogens (tertiary/aromatic N) is 1. The van der Waals surface area contributed by atoms with Gasteiger partial charge in [-0.3, -0.25) is 0 Å². The van der Waals surface area contributed by atoms with Crippen molar-refractivity contribution in [2.45, 2.75) is 19.3 Å². The van der Waals surface area contributed by atoms with E-state index in [1.165, 1.54) is 19.3 Å². The number of hydrogen-bond donors (Lipinski definition) is 2. The van der Waals surface area contributed by atoms with Gasteiger partial charge in [0.05, 0.1) is 5.69 Å². The van der Waals surface area contributed by atoms with E-state index in [0.29, 0.717) is 10.3 Å². The minimum Gasteiger partial charge on any atom is -0.396 e. The molecule has 1 fully saturated rings. The first-order valence-corrected chi connectivity index (χ1v) is 5.42. The molecule has 1 saturated heterocycles. The first-order valence-electron chi connectivity index (χ1n) is 5.01. The van der Waals surface area contributed by atoms with Gasteiger partial charge in [-0.25, -0.2) is 0 Å². The van der Waals surface area contributed by atoms with Gasteiger partial charge in [-0.05, 0) is 31.4 Å². The van der Waals surface area contributed by atoms with E-state index in [1.54, 1.807) is 0 Å². The molecule has 14 heavy (non-hydrogen) atoms. The average molecular weight is 209 g/mol. The molecule has 3 nitrogen and oxygen atoms in total. The maximum Gasteiger partial charge on any atom is 0.128 e. The molecule has 4 heteroatoms. The van der Waals surface area contributed by atoms with E-state index in [-0.39, 0.29) is 0 Å². The van der Waals surface area contributed by atoms with Gasteiger partial charge in [0.1, 0.15) is 10.5 Å². The van der Waals surface area contributed by atoms with Crippen molar-refractivity contribution < 1.29 is 0 Å². The fourth-order valence-electron chi connectivity index (χ4n) is 1.79. The molecule has 0 bridgehead atoms. The zero-order valence-electron chi connectivity index (χ0n) is 8.12. The number of H-pyrrole nitrogens is 1. The molecule has 3 N–H and O–H groups in total. The second-order valence-corrected chi connectivity index (χ2v) is 4.08. The van der Waals surface area contributed by atoms with Gasteiger partial charge < -0.3 is 15.6 Å². The number of piperidine rings is 1. The quantitative estimate of drug-likeness (QED) is 0.698. The Morgan fingerprint density at radius 2 is 1.93 bits per heavy atom. The number of aromatic amines is 1. The van der Waals surface area contributed by atoms with E-state index in [9.17, 15) is 0 Å². The number of nitrogen functional groups attached to an aromatic ring is 1. The monoisotopic (exact) mass is 209 g/mol. The van der Waals surface area contributed by atoms with Crippen LogP contribution in [0.15, 0.2) is 12.1 Å². The molecule has 1 aromatic heterocycles. The average Bonchev–Trinajstić information content (AvgIpc) is 2.23. The summed E-state index contributed by atoms with van der Waals surface area (Å²) in [5, 5.41) is 0. The molecular formula is C10H15N3S. The number of aromatic nitrogens is 1. The highest BCUT2D eigenvalue weighted by Crippen LogP contribution is 2.18. The SMILES string of the molecule is Nc1ccc(N2CCCCC2)[nH]c1=S. The van der Waals surface area contributed by atoms with Crippen LogP contribution < -0.4 is 10.6 Å². The van der Waals surface area contributed by atoms with Crippen LogP contribution in [0.3, 0.4) is 0 Å². The van der Waals surface area contributed by atoms with Crippen LogP contribution in [-0.2, 0) is 0 Å². The predicted octanol–water partition coefficient (Wildman–Crippen LogP) is 2.32. The van der Waals surface area contributed by atoms with E-state index in [2.05, 4.69) is 9.88 Å². The molecule has 2 rings (SSSR count). The van der Waals surface area contributed by atoms with Crippen LogP contribution in [-0.4, -0.2) is 18.1 Å². The zero-order valence-corrected chi connectivity index (χ0v) is 8.94. The highest BCUT2D eigenvalue weighted by molar-refractivity contribution is 7.71. The highest BCUT2D eigenvalue weighted by atomic mass is 32.1. The summed E-state index contributed by atoms with van der Waals surface area (Å²) in [5.74, 6) is 1.10. The van der Waals surface area contributed by atoms with Crippen molar-refractivity contribution in [3.8, 4) is 0 Å². The predicted molar refractivity (Wildman–Crippen MR) is 62.1 cm³/mol. The molecular weight excluding hydrogens is 194 g/mol. The van der Waals surface area contributed by atoms with E-state index in [4.69, 9.17) is 18.0 Å². The number of nitrogens with two attached hydrogens (primary N) is 1. The van der Waals surface area contributed by atoms with Crippen LogP contribution in [0, 0.1) is 4.64 Å². The van der Waals surface area contributed by atoms with Crippen LogP contribution >= 0.6 is 12.2 Å². The Hall–Kier alpha value is -1.03. The van der Waals surface area contributed by atoms with Gasteiger partial charge in [-0.1, -0.05) is 12.2 Å². The van der Waals surface area contributed by atoms with Gasteiger partial charge in [0.2, 0.25) is 0 Å². The molecule has 0 aromatic carbocycles. The molecule has 76 valence electrons. The molecule has 2 heterocycles. The third-order valence-electron chi connectivity index (χ3n) is 2.62. The van der Waals surface area contributed by atoms with Crippen molar-refractivity contribution in [1.29, 1.82) is 0 Å². The lowest BCUT2D eigenvalue weighted by molar-refractivity contribution is 0.573. The van der Waals surface area contributed by atoms with Crippen LogP contribution in [0.2, 0.25) is 0 Å². The Morgan fingerprint density at radius 3 is 2.57 bits per heavy atom. The van der Waals surface area contributed by atoms with Gasteiger partial charge in [-0.15, -0.1) is 0 Å². The summed E-state index contributed by atoms with van der Waals surface area (Å²) in [5.41, 5.74) is 6.32. The van der Waals surface area contributed by atoms with Crippen molar-refractivity contribution >= 4 is 23.7 Å². The lowest BCUT2D eigenvalue weighted by Crippen LogP contribution is -2.30. The molecule has 1 aromatic rings. The number of nitrogens with one attached hydrogen (secondary N) is 1. The molecule has 0 radical (unpaired) electrons. The first-order chi connectivity index (χ1) is 6.77. The molecule has 0 spiro atoms. The standard InChI is InChI=1S/C10H15N3S/c11-8-4-5-9(12-10(8)14)13-6-2-1-3-7-13/h4-5H,1-3,6-7,11H2,(H,12,14). The minimum atomic E-state index is 0.646. The van der Waals surface area contributed by atoms with Crippen LogP contribution in [0.1, 0.15) is 19.3 Å². The molecule has 0 amide bonds. The summed E-state index contributed by atoms with van der Waals surface area (Å²) in [7, 11) is 0. The topological polar surface area (TPSA) is 45.0 Å². The lowest BCUT2D eigenvalue weighted by atomic mass is 10.1. The summed E-state index contributed by atoms with van der Waals surface area (Å²) in [6, 6.07) is 3.89. The summed E-state index contributed by atoms with van der Waals surface area (Å²) in [6.45, 7) is 2.24. The molecule has 1 aliphatic rings. The minimum absolute atomic E-state index is 0.646. The van der Waals surface area contributed by atoms with Crippen LogP contribution in [0.4, 0.5) is 11.5 Å². The molecule has 0 saturated carbocycles. The second kappa shape index (κ2) is 4.00. The third kappa shape index (κ3) is 1.90. The normalized spacial score (nSPS) is 17.0. The van der Waals surface area contributed by atoms with Gasteiger partial charge in [0.15, 0.2) is 0 Å². The maximum absolute atomic E-state index is 5.66. The second-order valence-electron chi connectivity index (χ2n) is 3.68. The van der Waals surface area contributed by atoms with E-state index >= 15 is 0 Å². The van der Waals surface area contributed by atoms with Gasteiger partial charge >= 0.3 is 0 Å². The van der Waals surface area contributed by atoms with Gasteiger partial charge in [0, 0.05) is 13.1 Å². The van der Waals surface area contributed by atoms with Gasteiger partial charge in [-0.2, -0.15) is 0 Å². The van der Waals surface area contributed by atoms with Crippen molar-refractivity contribution in [3.63, 3.8) is 0 Å². The Bertz CT molecular complexity index is 366. The molecule has 0 aliphatic carbocycles. The molecule has 0 atom stereocenters. The van der Waals surface area contributed by atoms with E-state index in [1.807, 2.05) is 12.1 Å². The Kier molecular flexibility index (Phi) is 2.72. The zero-order chi connectivity index (χ0) is 9.97. The van der Waals surface area contributed by atoms with Gasteiger partial charge in [0.25, 0.3) is 0 Å². The summed E-state index contributed by atoms with van der Waals surface area (Å²) in [6.07, 6.45) is 3.88. The summed E-state index contributed by atoms with van der Waals surface area (Å²) in [4.78, 5) is 5.49. The Labute approximate surface area is 88.9 Å². The van der Waals surface area contributed by atoms with Crippen molar-refractivity contribution in [3.05, 3.63) is 16.8 Å². The van der Waals surface area contributed by atoms with E-state index < -0.39 is 0 Å². The lowest BCUT2D eigenvalue weighted by Gasteiger charge is -2.28. The van der Waals surface area contributed by atoms with Crippen molar-refractivity contribution in [2.24, 2.45) is 0 Å². The number of rotatable bonds is 1. The molecule has 0 unspecified atom stereocenters. The smallest absolute Gasteiger partial charge is 0.128 e. The van der Waals surface area contributed by atoms with Crippen LogP contribution in [0.25, 0.3) is 0 Å². The largest absolute Gasteiger partial charge is 0.396 e. The van der Waals surface area contributed by atoms with Crippen molar-refractivity contribution in [2.75, 3.05) is 23.7 Å². The highest BCUT2D eigenvalue weighted by Gasteiger charge is 2.10. The summed E-state index contributed by atoms with van der Waals surface area (Å²) >= 11 is 5.10. The van der Waals surface area contributed by atoms with Crippen molar-refractivity contribution in [1.82, 2.24) is 4.98 Å². The number of anilines is 2. The fraction of sp³-hybridized carbons (Fsp3) is 0.500. The Balaban J connectivity index is 2.23. The van der Waals surface area contributed by atoms with Crippen LogP contribution in [0.5, 0.6) is 0 Å². The third-order valence-corrected chi connectivity index (χ3v) is 2.96. The summed E-state index contributed by atoms with van der Waals surface area (Å²) < 4.78 is 0.646. The fourth-order valence-corrected chi connectivity index (χ4v) is 1.97. The molecule has 1 aliphatic heterocycles.